The molecule has 1 saturated heterocycles. The molecular formula is C29H35N5O3. The van der Waals surface area contributed by atoms with Crippen LogP contribution < -0.4 is 16.0 Å². The predicted octanol–water partition coefficient (Wildman–Crippen LogP) is 4.58. The van der Waals surface area contributed by atoms with Gasteiger partial charge in [0.25, 0.3) is 0 Å². The summed E-state index contributed by atoms with van der Waals surface area (Å²) in [5.41, 5.74) is 4.26. The molecule has 3 aliphatic rings. The molecule has 0 bridgehead atoms. The number of nitriles is 1. The Morgan fingerprint density at radius 1 is 1.16 bits per heavy atom. The predicted molar refractivity (Wildman–Crippen MR) is 142 cm³/mol. The first-order valence-electron chi connectivity index (χ1n) is 13.2. The molecule has 2 fully saturated rings. The van der Waals surface area contributed by atoms with Crippen molar-refractivity contribution in [1.29, 1.82) is 5.26 Å². The number of amides is 3. The molecule has 0 aromatic heterocycles. The number of nitrogens with zero attached hydrogens (tertiary/aromatic N) is 2. The molecule has 37 heavy (non-hydrogen) atoms. The number of ether oxygens (including phenoxy) is 1. The van der Waals surface area contributed by atoms with Gasteiger partial charge in [-0.2, -0.15) is 5.26 Å². The van der Waals surface area contributed by atoms with Crippen LogP contribution in [0.5, 0.6) is 0 Å². The summed E-state index contributed by atoms with van der Waals surface area (Å²) >= 11 is 0. The molecule has 5 atom stereocenters. The summed E-state index contributed by atoms with van der Waals surface area (Å²) in [5, 5.41) is 18.8. The van der Waals surface area contributed by atoms with Gasteiger partial charge in [0.1, 0.15) is 0 Å². The number of anilines is 2. The van der Waals surface area contributed by atoms with Gasteiger partial charge in [-0.15, -0.1) is 0 Å². The lowest BCUT2D eigenvalue weighted by molar-refractivity contribution is -0.138. The van der Waals surface area contributed by atoms with E-state index in [0.29, 0.717) is 24.4 Å². The Bertz CT molecular complexity index is 1210. The van der Waals surface area contributed by atoms with E-state index < -0.39 is 0 Å². The number of urea groups is 1. The Morgan fingerprint density at radius 2 is 1.97 bits per heavy atom. The second-order valence-corrected chi connectivity index (χ2v) is 10.5. The maximum absolute atomic E-state index is 14.1. The first-order valence-corrected chi connectivity index (χ1v) is 13.2. The van der Waals surface area contributed by atoms with Crippen LogP contribution in [0.15, 0.2) is 42.5 Å². The van der Waals surface area contributed by atoms with E-state index in [4.69, 9.17) is 10.00 Å². The lowest BCUT2D eigenvalue weighted by Crippen LogP contribution is -2.51. The van der Waals surface area contributed by atoms with Crippen LogP contribution in [0.1, 0.15) is 54.8 Å². The highest BCUT2D eigenvalue weighted by atomic mass is 16.5. The third-order valence-electron chi connectivity index (χ3n) is 8.22. The van der Waals surface area contributed by atoms with Crippen molar-refractivity contribution < 1.29 is 14.3 Å². The van der Waals surface area contributed by atoms with Crippen molar-refractivity contribution in [3.8, 4) is 6.07 Å². The first kappa shape index (κ1) is 25.1. The molecule has 2 aromatic carbocycles. The Balaban J connectivity index is 1.32. The van der Waals surface area contributed by atoms with E-state index in [1.165, 1.54) is 5.56 Å². The molecule has 8 nitrogen and oxygen atoms in total. The average molecular weight is 502 g/mol. The maximum Gasteiger partial charge on any atom is 0.319 e. The number of fused-ring (bicyclic) bond motifs is 3. The number of rotatable bonds is 5. The van der Waals surface area contributed by atoms with Gasteiger partial charge in [-0.05, 0) is 61.6 Å². The molecule has 0 radical (unpaired) electrons. The molecule has 1 aliphatic carbocycles. The van der Waals surface area contributed by atoms with Crippen molar-refractivity contribution >= 4 is 23.3 Å². The Morgan fingerprint density at radius 3 is 2.76 bits per heavy atom. The number of nitrogens with one attached hydrogen (secondary N) is 3. The summed E-state index contributed by atoms with van der Waals surface area (Å²) in [7, 11) is 1.72. The topological polar surface area (TPSA) is 106 Å². The molecular weight excluding hydrogens is 466 g/mol. The highest BCUT2D eigenvalue weighted by Crippen LogP contribution is 2.47. The molecule has 2 heterocycles. The second kappa shape index (κ2) is 10.8. The number of benzene rings is 2. The van der Waals surface area contributed by atoms with Crippen molar-refractivity contribution in [2.24, 2.45) is 11.8 Å². The van der Waals surface area contributed by atoms with Gasteiger partial charge in [-0.25, -0.2) is 4.79 Å². The summed E-state index contributed by atoms with van der Waals surface area (Å²) in [4.78, 5) is 29.0. The normalized spacial score (nSPS) is 26.3. The van der Waals surface area contributed by atoms with Gasteiger partial charge in [0.15, 0.2) is 0 Å². The number of para-hydroxylation sites is 1. The highest BCUT2D eigenvalue weighted by Gasteiger charge is 2.48. The molecule has 8 heteroatoms. The summed E-state index contributed by atoms with van der Waals surface area (Å²) < 4.78 is 5.51. The summed E-state index contributed by atoms with van der Waals surface area (Å²) in [6.07, 6.45) is 4.45. The molecule has 2 aliphatic heterocycles. The van der Waals surface area contributed by atoms with E-state index in [1.807, 2.05) is 19.1 Å². The summed E-state index contributed by atoms with van der Waals surface area (Å²) in [6, 6.07) is 15.3. The van der Waals surface area contributed by atoms with E-state index in [-0.39, 0.29) is 41.9 Å². The van der Waals surface area contributed by atoms with Gasteiger partial charge in [-0.1, -0.05) is 31.0 Å². The average Bonchev–Trinajstić information content (AvgIpc) is 3.35. The van der Waals surface area contributed by atoms with Crippen LogP contribution in [-0.4, -0.2) is 49.2 Å². The first-order chi connectivity index (χ1) is 18.0. The quantitative estimate of drug-likeness (QED) is 0.556. The van der Waals surface area contributed by atoms with Crippen LogP contribution in [0.4, 0.5) is 16.2 Å². The van der Waals surface area contributed by atoms with E-state index in [0.717, 1.165) is 43.4 Å². The molecule has 194 valence electrons. The fourth-order valence-electron chi connectivity index (χ4n) is 6.44. The van der Waals surface area contributed by atoms with E-state index in [1.54, 1.807) is 25.3 Å². The Hall–Kier alpha value is -3.57. The van der Waals surface area contributed by atoms with Crippen molar-refractivity contribution in [3.05, 3.63) is 59.2 Å². The molecule has 3 N–H and O–H groups in total. The van der Waals surface area contributed by atoms with Gasteiger partial charge in [0, 0.05) is 37.0 Å². The number of carbonyl (C=O) groups excluding carboxylic acids is 2. The fourth-order valence-corrected chi connectivity index (χ4v) is 6.44. The van der Waals surface area contributed by atoms with Crippen LogP contribution >= 0.6 is 0 Å². The zero-order valence-electron chi connectivity index (χ0n) is 21.5. The van der Waals surface area contributed by atoms with Crippen molar-refractivity contribution in [1.82, 2.24) is 10.2 Å². The lowest BCUT2D eigenvalue weighted by Gasteiger charge is -2.41. The third kappa shape index (κ3) is 5.01. The zero-order valence-corrected chi connectivity index (χ0v) is 21.5. The summed E-state index contributed by atoms with van der Waals surface area (Å²) in [5.74, 6) is 0.181. The summed E-state index contributed by atoms with van der Waals surface area (Å²) in [6.45, 7) is 3.15. The fraction of sp³-hybridized carbons (Fsp3) is 0.483. The minimum absolute atomic E-state index is 0.0168. The molecule has 0 spiro atoms. The Labute approximate surface area is 218 Å². The van der Waals surface area contributed by atoms with E-state index >= 15 is 0 Å². The molecule has 5 rings (SSSR count). The molecule has 2 aromatic rings. The van der Waals surface area contributed by atoms with Gasteiger partial charge in [0.05, 0.1) is 36.2 Å². The van der Waals surface area contributed by atoms with Gasteiger partial charge >= 0.3 is 6.03 Å². The number of methoxy groups -OCH3 is 1. The SMILES string of the molecule is COC[C@@H]1Nc2ccccc2[C@H]2[C@H]1CCN2C(=O)[C@H]1CCCC[C@H]1NC(=O)Nc1ccc(C#N)c(C)c1. The van der Waals surface area contributed by atoms with Crippen molar-refractivity contribution in [3.63, 3.8) is 0 Å². The lowest BCUT2D eigenvalue weighted by atomic mass is 9.81. The smallest absolute Gasteiger partial charge is 0.319 e. The molecule has 1 saturated carbocycles. The van der Waals surface area contributed by atoms with Crippen LogP contribution in [0.25, 0.3) is 0 Å². The minimum Gasteiger partial charge on any atom is -0.383 e. The van der Waals surface area contributed by atoms with E-state index in [2.05, 4.69) is 39.1 Å². The zero-order chi connectivity index (χ0) is 25.9. The number of likely N-dealkylation sites (tertiary alicyclic amines) is 1. The third-order valence-corrected chi connectivity index (χ3v) is 8.22. The molecule has 0 unspecified atom stereocenters. The van der Waals surface area contributed by atoms with Gasteiger partial charge in [0.2, 0.25) is 5.91 Å². The largest absolute Gasteiger partial charge is 0.383 e. The monoisotopic (exact) mass is 501 g/mol. The number of carbonyl (C=O) groups is 2. The maximum atomic E-state index is 14.1. The number of hydrogen-bond donors (Lipinski definition) is 3. The Kier molecular flexibility index (Phi) is 7.33. The standard InChI is InChI=1S/C29H35N5O3/c1-18-15-20(12-11-19(18)16-30)31-29(36)33-25-10-6-4-8-23(25)28(35)34-14-13-22-26(17-37-2)32-24-9-5-3-7-21(24)27(22)34/h3,5,7,9,11-12,15,22-23,25-27,32H,4,6,8,10,13-14,17H2,1-2H3,(H2,31,33,36)/t22-,23-,25+,26-,27-/m0/s1. The van der Waals surface area contributed by atoms with Crippen molar-refractivity contribution in [2.45, 2.75) is 57.2 Å². The highest BCUT2D eigenvalue weighted by molar-refractivity contribution is 5.90. The van der Waals surface area contributed by atoms with E-state index in [9.17, 15) is 9.59 Å². The second-order valence-electron chi connectivity index (χ2n) is 10.5. The van der Waals surface area contributed by atoms with Crippen LogP contribution in [0, 0.1) is 30.1 Å². The van der Waals surface area contributed by atoms with Gasteiger partial charge < -0.3 is 25.6 Å². The van der Waals surface area contributed by atoms with Crippen LogP contribution in [-0.2, 0) is 9.53 Å². The van der Waals surface area contributed by atoms with Crippen LogP contribution in [0.2, 0.25) is 0 Å². The van der Waals surface area contributed by atoms with Crippen molar-refractivity contribution in [2.75, 3.05) is 30.9 Å². The number of hydrogen-bond acceptors (Lipinski definition) is 5. The van der Waals surface area contributed by atoms with Crippen LogP contribution in [0.3, 0.4) is 0 Å². The van der Waals surface area contributed by atoms with Gasteiger partial charge in [-0.3, -0.25) is 4.79 Å². The minimum atomic E-state index is -0.319. The number of aryl methyl sites for hydroxylation is 1. The molecule has 3 amide bonds.